The number of halogens is 1. The lowest BCUT2D eigenvalue weighted by Crippen LogP contribution is -2.31. The van der Waals surface area contributed by atoms with Crippen molar-refractivity contribution in [3.8, 4) is 11.3 Å². The third kappa shape index (κ3) is 6.71. The number of nitrogens with zero attached hydrogens (tertiary/aromatic N) is 5. The van der Waals surface area contributed by atoms with Crippen LogP contribution in [0.1, 0.15) is 42.3 Å². The number of carbonyl (C=O) groups is 1. The molecule has 2 N–H and O–H groups in total. The van der Waals surface area contributed by atoms with Crippen molar-refractivity contribution >= 4 is 47.3 Å². The summed E-state index contributed by atoms with van der Waals surface area (Å²) in [6.45, 7) is 3.80. The quantitative estimate of drug-likeness (QED) is 0.145. The number of piperidine rings is 1. The minimum atomic E-state index is -0.482. The van der Waals surface area contributed by atoms with Crippen LogP contribution in [-0.2, 0) is 4.74 Å². The van der Waals surface area contributed by atoms with E-state index in [0.717, 1.165) is 31.6 Å². The van der Waals surface area contributed by atoms with E-state index in [1.54, 1.807) is 37.3 Å². The lowest BCUT2D eigenvalue weighted by Gasteiger charge is -2.26. The molecule has 0 amide bonds. The Balaban J connectivity index is 1.32. The molecule has 1 saturated heterocycles. The van der Waals surface area contributed by atoms with Gasteiger partial charge in [0.05, 0.1) is 23.4 Å². The van der Waals surface area contributed by atoms with Crippen molar-refractivity contribution in [2.24, 2.45) is 5.10 Å². The highest BCUT2D eigenvalue weighted by atomic mass is 35.5. The van der Waals surface area contributed by atoms with E-state index in [4.69, 9.17) is 20.8 Å². The lowest BCUT2D eigenvalue weighted by atomic mass is 10.1. The lowest BCUT2D eigenvalue weighted by molar-refractivity contribution is 0.0526. The molecule has 1 aliphatic heterocycles. The highest BCUT2D eigenvalue weighted by Crippen LogP contribution is 2.27. The van der Waals surface area contributed by atoms with E-state index in [0.29, 0.717) is 40.0 Å². The number of hydrazone groups is 1. The topological polar surface area (TPSA) is 118 Å². The number of ether oxygens (including phenoxy) is 1. The third-order valence-electron chi connectivity index (χ3n) is 6.02. The summed E-state index contributed by atoms with van der Waals surface area (Å²) in [5.74, 6) is 1.91. The van der Waals surface area contributed by atoms with Crippen LogP contribution in [-0.4, -0.2) is 46.8 Å². The fourth-order valence-electron chi connectivity index (χ4n) is 4.13. The van der Waals surface area contributed by atoms with Crippen LogP contribution in [0.15, 0.2) is 70.2 Å². The second-order valence-electron chi connectivity index (χ2n) is 8.81. The molecule has 0 radical (unpaired) electrons. The monoisotopic (exact) mass is 545 g/mol. The van der Waals surface area contributed by atoms with Crippen LogP contribution in [0, 0.1) is 0 Å². The van der Waals surface area contributed by atoms with Crippen LogP contribution in [0.3, 0.4) is 0 Å². The van der Waals surface area contributed by atoms with Gasteiger partial charge >= 0.3 is 5.97 Å². The second kappa shape index (κ2) is 12.4. The summed E-state index contributed by atoms with van der Waals surface area (Å²) in [7, 11) is 0. The van der Waals surface area contributed by atoms with Gasteiger partial charge in [-0.1, -0.05) is 29.8 Å². The Hall–Kier alpha value is -4.44. The Kier molecular flexibility index (Phi) is 8.33. The van der Waals surface area contributed by atoms with Crippen LogP contribution in [0.4, 0.5) is 23.5 Å². The molecule has 2 aromatic carbocycles. The van der Waals surface area contributed by atoms with Crippen LogP contribution in [0.5, 0.6) is 0 Å². The fraction of sp³-hybridized carbons (Fsp3) is 0.250. The number of esters is 1. The van der Waals surface area contributed by atoms with Gasteiger partial charge in [-0.2, -0.15) is 20.1 Å². The number of aromatic nitrogens is 3. The maximum atomic E-state index is 12.2. The standard InChI is InChI=1S/C28H28ClN7O3/c1-2-38-25(37)22-17-19(11-13-23(22)29)24-14-12-21(39-24)18-30-35-27-32-26(31-20-9-5-3-6-10-20)33-28(34-27)36-15-7-4-8-16-36/h3,5-6,9-14,17-18H,2,4,7-8,15-16H2,1H3,(H2,31,32,33,34,35)/b30-18-. The number of hydrogen-bond acceptors (Lipinski definition) is 10. The molecule has 11 heteroatoms. The largest absolute Gasteiger partial charge is 0.462 e. The number of benzene rings is 2. The molecule has 0 saturated carbocycles. The van der Waals surface area contributed by atoms with Gasteiger partial charge in [-0.15, -0.1) is 0 Å². The molecule has 0 atom stereocenters. The third-order valence-corrected chi connectivity index (χ3v) is 6.35. The molecule has 0 unspecified atom stereocenters. The zero-order valence-corrected chi connectivity index (χ0v) is 22.2. The van der Waals surface area contributed by atoms with Gasteiger partial charge in [0.1, 0.15) is 11.5 Å². The Morgan fingerprint density at radius 2 is 1.85 bits per heavy atom. The molecule has 0 bridgehead atoms. The van der Waals surface area contributed by atoms with Gasteiger partial charge in [-0.3, -0.25) is 0 Å². The maximum Gasteiger partial charge on any atom is 0.339 e. The molecule has 200 valence electrons. The van der Waals surface area contributed by atoms with Gasteiger partial charge in [0, 0.05) is 24.3 Å². The van der Waals surface area contributed by atoms with Crippen LogP contribution >= 0.6 is 11.6 Å². The minimum Gasteiger partial charge on any atom is -0.462 e. The Labute approximate surface area is 231 Å². The predicted molar refractivity (Wildman–Crippen MR) is 152 cm³/mol. The van der Waals surface area contributed by atoms with Gasteiger partial charge in [-0.05, 0) is 68.7 Å². The number of hydrogen-bond donors (Lipinski definition) is 2. The number of anilines is 4. The number of furan rings is 1. The number of carbonyl (C=O) groups excluding carboxylic acids is 1. The van der Waals surface area contributed by atoms with Crippen LogP contribution in [0.25, 0.3) is 11.3 Å². The highest BCUT2D eigenvalue weighted by molar-refractivity contribution is 6.33. The molecular weight excluding hydrogens is 518 g/mol. The first-order valence-corrected chi connectivity index (χ1v) is 13.2. The zero-order valence-electron chi connectivity index (χ0n) is 21.4. The van der Waals surface area contributed by atoms with Crippen molar-refractivity contribution in [2.45, 2.75) is 26.2 Å². The summed E-state index contributed by atoms with van der Waals surface area (Å²) in [5, 5.41) is 7.83. The summed E-state index contributed by atoms with van der Waals surface area (Å²) in [4.78, 5) is 28.1. The number of para-hydroxylation sites is 1. The van der Waals surface area contributed by atoms with E-state index in [9.17, 15) is 4.79 Å². The summed E-state index contributed by atoms with van der Waals surface area (Å²) in [6.07, 6.45) is 4.94. The van der Waals surface area contributed by atoms with Crippen LogP contribution in [0.2, 0.25) is 5.02 Å². The first-order chi connectivity index (χ1) is 19.1. The molecule has 3 heterocycles. The van der Waals surface area contributed by atoms with E-state index >= 15 is 0 Å². The number of rotatable bonds is 9. The zero-order chi connectivity index (χ0) is 27.0. The Morgan fingerprint density at radius 3 is 2.64 bits per heavy atom. The molecule has 4 aromatic rings. The molecule has 39 heavy (non-hydrogen) atoms. The maximum absolute atomic E-state index is 12.2. The van der Waals surface area contributed by atoms with E-state index in [1.807, 2.05) is 30.3 Å². The normalized spacial score (nSPS) is 13.4. The summed E-state index contributed by atoms with van der Waals surface area (Å²) in [5.41, 5.74) is 4.74. The molecule has 1 fully saturated rings. The second-order valence-corrected chi connectivity index (χ2v) is 9.22. The molecule has 0 spiro atoms. The molecule has 5 rings (SSSR count). The van der Waals surface area contributed by atoms with E-state index in [-0.39, 0.29) is 12.2 Å². The van der Waals surface area contributed by atoms with Gasteiger partial charge < -0.3 is 19.4 Å². The molecular formula is C28H28ClN7O3. The van der Waals surface area contributed by atoms with E-state index in [2.05, 4.69) is 35.7 Å². The van der Waals surface area contributed by atoms with Crippen molar-refractivity contribution in [3.63, 3.8) is 0 Å². The SMILES string of the molecule is CCOC(=O)c1cc(-c2ccc(/C=N\Nc3nc(Nc4ccccc4)nc(N4CCCCC4)n3)o2)ccc1Cl. The smallest absolute Gasteiger partial charge is 0.339 e. The van der Waals surface area contributed by atoms with Crippen molar-refractivity contribution in [1.29, 1.82) is 0 Å². The van der Waals surface area contributed by atoms with E-state index in [1.165, 1.54) is 12.6 Å². The Morgan fingerprint density at radius 1 is 1.05 bits per heavy atom. The molecule has 10 nitrogen and oxygen atoms in total. The van der Waals surface area contributed by atoms with E-state index < -0.39 is 5.97 Å². The van der Waals surface area contributed by atoms with Crippen molar-refractivity contribution in [3.05, 3.63) is 77.0 Å². The molecule has 2 aromatic heterocycles. The minimum absolute atomic E-state index is 0.262. The van der Waals surface area contributed by atoms with Gasteiger partial charge in [0.15, 0.2) is 0 Å². The summed E-state index contributed by atoms with van der Waals surface area (Å²) < 4.78 is 11.0. The van der Waals surface area contributed by atoms with Gasteiger partial charge in [0.2, 0.25) is 17.8 Å². The Bertz CT molecular complexity index is 1450. The molecule has 1 aliphatic rings. The van der Waals surface area contributed by atoms with Gasteiger partial charge in [-0.25, -0.2) is 10.2 Å². The van der Waals surface area contributed by atoms with Gasteiger partial charge in [0.25, 0.3) is 0 Å². The fourth-order valence-corrected chi connectivity index (χ4v) is 4.33. The summed E-state index contributed by atoms with van der Waals surface area (Å²) >= 11 is 6.18. The average molecular weight is 546 g/mol. The van der Waals surface area contributed by atoms with Crippen molar-refractivity contribution < 1.29 is 13.9 Å². The average Bonchev–Trinajstić information content (AvgIpc) is 3.43. The summed E-state index contributed by atoms with van der Waals surface area (Å²) in [6, 6.07) is 18.3. The predicted octanol–water partition coefficient (Wildman–Crippen LogP) is 6.14. The van der Waals surface area contributed by atoms with Crippen molar-refractivity contribution in [2.75, 3.05) is 35.3 Å². The number of nitrogens with one attached hydrogen (secondary N) is 2. The molecule has 0 aliphatic carbocycles. The first kappa shape index (κ1) is 26.2. The first-order valence-electron chi connectivity index (χ1n) is 12.8. The van der Waals surface area contributed by atoms with Crippen molar-refractivity contribution in [1.82, 2.24) is 15.0 Å². The van der Waals surface area contributed by atoms with Crippen LogP contribution < -0.4 is 15.6 Å². The highest BCUT2D eigenvalue weighted by Gasteiger charge is 2.17.